The zero-order valence-electron chi connectivity index (χ0n) is 14.8. The first-order valence-corrected chi connectivity index (χ1v) is 8.56. The van der Waals surface area contributed by atoms with E-state index >= 15 is 0 Å². The molecule has 3 aromatic rings. The lowest BCUT2D eigenvalue weighted by atomic mass is 10.1. The average molecular weight is 399 g/mol. The maximum atomic E-state index is 12.1. The number of ether oxygens (including phenoxy) is 2. The van der Waals surface area contributed by atoms with Crippen LogP contribution in [0.3, 0.4) is 0 Å². The molecule has 1 N–H and O–H groups in total. The fourth-order valence-electron chi connectivity index (χ4n) is 2.42. The van der Waals surface area contributed by atoms with E-state index in [1.54, 1.807) is 36.4 Å². The van der Waals surface area contributed by atoms with Crippen LogP contribution in [-0.4, -0.2) is 36.5 Å². The smallest absolute Gasteiger partial charge is 0.338 e. The van der Waals surface area contributed by atoms with Gasteiger partial charge in [-0.25, -0.2) is 9.78 Å². The second kappa shape index (κ2) is 8.49. The summed E-state index contributed by atoms with van der Waals surface area (Å²) in [6.45, 7) is -0.586. The van der Waals surface area contributed by atoms with Crippen LogP contribution >= 0.6 is 11.6 Å². The molecule has 28 heavy (non-hydrogen) atoms. The van der Waals surface area contributed by atoms with Crippen molar-refractivity contribution >= 4 is 40.3 Å². The van der Waals surface area contributed by atoms with E-state index in [0.717, 1.165) is 0 Å². The summed E-state index contributed by atoms with van der Waals surface area (Å²) in [5.74, 6) is -1.44. The number of hydrogen-bond acceptors (Lipinski definition) is 6. The predicted octanol–water partition coefficient (Wildman–Crippen LogP) is 3.01. The van der Waals surface area contributed by atoms with Gasteiger partial charge in [0.05, 0.1) is 18.2 Å². The van der Waals surface area contributed by atoms with E-state index < -0.39 is 24.4 Å². The molecule has 0 atom stereocenters. The maximum absolute atomic E-state index is 12.1. The Morgan fingerprint density at radius 1 is 1.00 bits per heavy atom. The number of amides is 2. The molecule has 3 rings (SSSR count). The van der Waals surface area contributed by atoms with Crippen molar-refractivity contribution in [2.24, 2.45) is 0 Å². The number of nitrogens with one attached hydrogen (secondary N) is 1. The zero-order chi connectivity index (χ0) is 20.1. The highest BCUT2D eigenvalue weighted by Crippen LogP contribution is 2.17. The standard InChI is InChI=1S/C20H15ClN2O5/c1-27-15-6-2-12(3-7-15)19(25)23-18(24)11-28-20(26)14-4-8-16-13(10-14)5-9-17(21)22-16/h2-10H,11H2,1H3,(H,23,24,25). The normalized spacial score (nSPS) is 10.4. The van der Waals surface area contributed by atoms with Gasteiger partial charge in [0, 0.05) is 10.9 Å². The minimum Gasteiger partial charge on any atom is -0.497 e. The predicted molar refractivity (Wildman–Crippen MR) is 103 cm³/mol. The molecule has 0 saturated carbocycles. The molecule has 7 nitrogen and oxygen atoms in total. The first-order valence-electron chi connectivity index (χ1n) is 8.18. The quantitative estimate of drug-likeness (QED) is 0.524. The van der Waals surface area contributed by atoms with Crippen LogP contribution in [0.4, 0.5) is 0 Å². The van der Waals surface area contributed by atoms with Gasteiger partial charge in [0.15, 0.2) is 6.61 Å². The average Bonchev–Trinajstić information content (AvgIpc) is 2.71. The van der Waals surface area contributed by atoms with Crippen LogP contribution in [0.15, 0.2) is 54.6 Å². The fraction of sp³-hybridized carbons (Fsp3) is 0.100. The number of esters is 1. The Morgan fingerprint density at radius 2 is 1.71 bits per heavy atom. The van der Waals surface area contributed by atoms with Crippen molar-refractivity contribution in [3.63, 3.8) is 0 Å². The van der Waals surface area contributed by atoms with Gasteiger partial charge in [-0.2, -0.15) is 0 Å². The molecule has 1 heterocycles. The molecule has 0 fully saturated rings. The number of hydrogen-bond donors (Lipinski definition) is 1. The molecular formula is C20H15ClN2O5. The van der Waals surface area contributed by atoms with E-state index in [1.807, 2.05) is 0 Å². The van der Waals surface area contributed by atoms with Gasteiger partial charge in [-0.3, -0.25) is 14.9 Å². The van der Waals surface area contributed by atoms with E-state index in [-0.39, 0.29) is 11.1 Å². The van der Waals surface area contributed by atoms with Gasteiger partial charge in [-0.1, -0.05) is 11.6 Å². The third-order valence-electron chi connectivity index (χ3n) is 3.83. The van der Waals surface area contributed by atoms with Gasteiger partial charge in [0.2, 0.25) is 0 Å². The second-order valence-electron chi connectivity index (χ2n) is 5.72. The van der Waals surface area contributed by atoms with Crippen LogP contribution in [0.2, 0.25) is 5.15 Å². The summed E-state index contributed by atoms with van der Waals surface area (Å²) in [5, 5.41) is 3.21. The first kappa shape index (κ1) is 19.3. The van der Waals surface area contributed by atoms with Crippen molar-refractivity contribution in [3.05, 3.63) is 70.9 Å². The topological polar surface area (TPSA) is 94.6 Å². The third kappa shape index (κ3) is 4.63. The van der Waals surface area contributed by atoms with Gasteiger partial charge in [-0.15, -0.1) is 0 Å². The van der Waals surface area contributed by atoms with Gasteiger partial charge >= 0.3 is 5.97 Å². The molecule has 0 radical (unpaired) electrons. The van der Waals surface area contributed by atoms with Crippen LogP contribution in [0, 0.1) is 0 Å². The first-order chi connectivity index (χ1) is 13.5. The summed E-state index contributed by atoms with van der Waals surface area (Å²) in [7, 11) is 1.51. The Kier molecular flexibility index (Phi) is 5.86. The summed E-state index contributed by atoms with van der Waals surface area (Å²) >= 11 is 5.83. The maximum Gasteiger partial charge on any atom is 0.338 e. The lowest BCUT2D eigenvalue weighted by molar-refractivity contribution is -0.123. The van der Waals surface area contributed by atoms with E-state index in [1.165, 1.54) is 25.3 Å². The molecule has 142 valence electrons. The van der Waals surface area contributed by atoms with E-state index in [2.05, 4.69) is 10.3 Å². The van der Waals surface area contributed by atoms with Crippen molar-refractivity contribution in [3.8, 4) is 5.75 Å². The molecule has 0 unspecified atom stereocenters. The van der Waals surface area contributed by atoms with Crippen molar-refractivity contribution in [2.45, 2.75) is 0 Å². The number of fused-ring (bicyclic) bond motifs is 1. The second-order valence-corrected chi connectivity index (χ2v) is 6.11. The van der Waals surface area contributed by atoms with Gasteiger partial charge in [0.25, 0.3) is 11.8 Å². The molecule has 8 heteroatoms. The highest BCUT2D eigenvalue weighted by molar-refractivity contribution is 6.29. The SMILES string of the molecule is COc1ccc(C(=O)NC(=O)COC(=O)c2ccc3nc(Cl)ccc3c2)cc1. The number of carbonyl (C=O) groups is 3. The minimum atomic E-state index is -0.733. The summed E-state index contributed by atoms with van der Waals surface area (Å²) in [6, 6.07) is 14.3. The summed E-state index contributed by atoms with van der Waals surface area (Å²) in [4.78, 5) is 40.2. The van der Waals surface area contributed by atoms with Crippen molar-refractivity contribution in [1.82, 2.24) is 10.3 Å². The van der Waals surface area contributed by atoms with E-state index in [9.17, 15) is 14.4 Å². The summed E-state index contributed by atoms with van der Waals surface area (Å²) in [5.41, 5.74) is 1.17. The number of imide groups is 1. The molecule has 0 aliphatic carbocycles. The molecule has 1 aromatic heterocycles. The summed E-state index contributed by atoms with van der Waals surface area (Å²) in [6.07, 6.45) is 0. The number of carbonyl (C=O) groups excluding carboxylic acids is 3. The number of benzene rings is 2. The van der Waals surface area contributed by atoms with Crippen molar-refractivity contribution in [2.75, 3.05) is 13.7 Å². The Labute approximate surface area is 165 Å². The molecule has 2 aromatic carbocycles. The van der Waals surface area contributed by atoms with E-state index in [4.69, 9.17) is 21.1 Å². The number of rotatable bonds is 5. The third-order valence-corrected chi connectivity index (χ3v) is 4.04. The fourth-order valence-corrected chi connectivity index (χ4v) is 2.57. The van der Waals surface area contributed by atoms with Gasteiger partial charge in [0.1, 0.15) is 10.9 Å². The van der Waals surface area contributed by atoms with Gasteiger partial charge < -0.3 is 9.47 Å². The van der Waals surface area contributed by atoms with Crippen LogP contribution < -0.4 is 10.1 Å². The lowest BCUT2D eigenvalue weighted by Gasteiger charge is -2.07. The van der Waals surface area contributed by atoms with Crippen LogP contribution in [0.1, 0.15) is 20.7 Å². The molecular weight excluding hydrogens is 384 g/mol. The number of aromatic nitrogens is 1. The van der Waals surface area contributed by atoms with Crippen molar-refractivity contribution < 1.29 is 23.9 Å². The van der Waals surface area contributed by atoms with Crippen LogP contribution in [-0.2, 0) is 9.53 Å². The highest BCUT2D eigenvalue weighted by Gasteiger charge is 2.14. The number of pyridine rings is 1. The molecule has 0 aliphatic rings. The molecule has 0 bridgehead atoms. The van der Waals surface area contributed by atoms with Gasteiger partial charge in [-0.05, 0) is 54.6 Å². The largest absolute Gasteiger partial charge is 0.497 e. The molecule has 0 spiro atoms. The molecule has 0 aliphatic heterocycles. The zero-order valence-corrected chi connectivity index (χ0v) is 15.5. The molecule has 0 saturated heterocycles. The number of nitrogens with zero attached hydrogens (tertiary/aromatic N) is 1. The minimum absolute atomic E-state index is 0.255. The number of halogens is 1. The van der Waals surface area contributed by atoms with E-state index in [0.29, 0.717) is 21.8 Å². The van der Waals surface area contributed by atoms with Crippen molar-refractivity contribution in [1.29, 1.82) is 0 Å². The Hall–Kier alpha value is -3.45. The molecule has 2 amide bonds. The van der Waals surface area contributed by atoms with Crippen LogP contribution in [0.25, 0.3) is 10.9 Å². The number of methoxy groups -OCH3 is 1. The highest BCUT2D eigenvalue weighted by atomic mass is 35.5. The Bertz CT molecular complexity index is 1050. The van der Waals surface area contributed by atoms with Crippen LogP contribution in [0.5, 0.6) is 5.75 Å². The summed E-state index contributed by atoms with van der Waals surface area (Å²) < 4.78 is 9.97. The lowest BCUT2D eigenvalue weighted by Crippen LogP contribution is -2.34. The Morgan fingerprint density at radius 3 is 2.43 bits per heavy atom. The monoisotopic (exact) mass is 398 g/mol. The Balaban J connectivity index is 1.56.